The van der Waals surface area contributed by atoms with Gasteiger partial charge >= 0.3 is 5.97 Å². The second-order valence-electron chi connectivity index (χ2n) is 4.93. The quantitative estimate of drug-likeness (QED) is 0.832. The van der Waals surface area contributed by atoms with E-state index in [-0.39, 0.29) is 28.7 Å². The predicted molar refractivity (Wildman–Crippen MR) is 80.2 cm³/mol. The summed E-state index contributed by atoms with van der Waals surface area (Å²) in [6, 6.07) is 4.03. The Bertz CT molecular complexity index is 672. The van der Waals surface area contributed by atoms with E-state index in [2.05, 4.69) is 21.2 Å². The lowest BCUT2D eigenvalue weighted by atomic mass is 10.1. The molecule has 8 heteroatoms. The molecule has 1 aliphatic heterocycles. The molecule has 0 radical (unpaired) electrons. The maximum atomic E-state index is 12.1. The Labute approximate surface area is 130 Å². The monoisotopic (exact) mass is 375 g/mol. The van der Waals surface area contributed by atoms with E-state index in [1.807, 2.05) is 0 Å². The number of carbonyl (C=O) groups excluding carboxylic acids is 1. The molecule has 114 valence electrons. The van der Waals surface area contributed by atoms with Crippen molar-refractivity contribution >= 4 is 37.6 Å². The molecule has 1 aliphatic rings. The van der Waals surface area contributed by atoms with Gasteiger partial charge in [0, 0.05) is 16.1 Å². The van der Waals surface area contributed by atoms with Gasteiger partial charge in [0.2, 0.25) is 0 Å². The highest BCUT2D eigenvalue weighted by atomic mass is 79.9. The van der Waals surface area contributed by atoms with Crippen LogP contribution in [0.5, 0.6) is 0 Å². The summed E-state index contributed by atoms with van der Waals surface area (Å²) >= 11 is 3.17. The number of hydrogen-bond acceptors (Lipinski definition) is 4. The Morgan fingerprint density at radius 3 is 2.29 bits per heavy atom. The van der Waals surface area contributed by atoms with E-state index in [4.69, 9.17) is 5.11 Å². The number of nitrogens with one attached hydrogen (secondary N) is 1. The minimum absolute atomic E-state index is 0.0146. The number of carbonyl (C=O) groups is 2. The highest BCUT2D eigenvalue weighted by Gasteiger charge is 2.25. The Morgan fingerprint density at radius 2 is 1.71 bits per heavy atom. The molecule has 6 nitrogen and oxygen atoms in total. The SMILES string of the molecule is O=C(O)c1cc(Br)cc(C(=O)NC2CCS(=O)(=O)CC2)c1. The number of benzene rings is 1. The molecule has 1 saturated heterocycles. The zero-order chi connectivity index (χ0) is 15.6. The molecule has 1 aromatic carbocycles. The Balaban J connectivity index is 2.09. The van der Waals surface area contributed by atoms with Gasteiger partial charge < -0.3 is 10.4 Å². The first-order valence-electron chi connectivity index (χ1n) is 6.32. The van der Waals surface area contributed by atoms with Gasteiger partial charge in [-0.15, -0.1) is 0 Å². The average molecular weight is 376 g/mol. The molecule has 2 N–H and O–H groups in total. The van der Waals surface area contributed by atoms with Crippen LogP contribution in [0.1, 0.15) is 33.6 Å². The molecule has 1 aromatic rings. The first-order valence-corrected chi connectivity index (χ1v) is 8.93. The molecular formula is C13H14BrNO5S. The summed E-state index contributed by atoms with van der Waals surface area (Å²) in [5.74, 6) is -1.38. The number of aromatic carboxylic acids is 1. The highest BCUT2D eigenvalue weighted by Crippen LogP contribution is 2.17. The van der Waals surface area contributed by atoms with Crippen LogP contribution in [0.2, 0.25) is 0 Å². The fourth-order valence-electron chi connectivity index (χ4n) is 2.15. The number of sulfone groups is 1. The molecule has 0 unspecified atom stereocenters. The van der Waals surface area contributed by atoms with E-state index in [0.29, 0.717) is 17.3 Å². The molecule has 1 fully saturated rings. The fraction of sp³-hybridized carbons (Fsp3) is 0.385. The summed E-state index contributed by atoms with van der Waals surface area (Å²) < 4.78 is 23.2. The molecule has 0 aliphatic carbocycles. The topological polar surface area (TPSA) is 101 Å². The third kappa shape index (κ3) is 4.28. The third-order valence-corrected chi connectivity index (χ3v) is 5.47. The maximum absolute atomic E-state index is 12.1. The van der Waals surface area contributed by atoms with Crippen LogP contribution in [0.3, 0.4) is 0 Å². The average Bonchev–Trinajstić information content (AvgIpc) is 2.40. The Hall–Kier alpha value is -1.41. The summed E-state index contributed by atoms with van der Waals surface area (Å²) in [5, 5.41) is 11.7. The van der Waals surface area contributed by atoms with E-state index in [1.165, 1.54) is 18.2 Å². The van der Waals surface area contributed by atoms with E-state index in [0.717, 1.165) is 0 Å². The second-order valence-corrected chi connectivity index (χ2v) is 8.15. The molecule has 0 saturated carbocycles. The summed E-state index contributed by atoms with van der Waals surface area (Å²) in [7, 11) is -2.98. The van der Waals surface area contributed by atoms with Crippen LogP contribution in [0.15, 0.2) is 22.7 Å². The normalized spacial score (nSPS) is 18.1. The Kier molecular flexibility index (Phi) is 4.67. The molecule has 21 heavy (non-hydrogen) atoms. The van der Waals surface area contributed by atoms with Gasteiger partial charge in [0.05, 0.1) is 17.1 Å². The first kappa shape index (κ1) is 16.0. The number of rotatable bonds is 3. The maximum Gasteiger partial charge on any atom is 0.335 e. The van der Waals surface area contributed by atoms with Crippen LogP contribution < -0.4 is 5.32 Å². The minimum Gasteiger partial charge on any atom is -0.478 e. The van der Waals surface area contributed by atoms with Crippen LogP contribution in [-0.2, 0) is 9.84 Å². The van der Waals surface area contributed by atoms with Gasteiger partial charge in [-0.2, -0.15) is 0 Å². The van der Waals surface area contributed by atoms with Crippen molar-refractivity contribution in [1.82, 2.24) is 5.32 Å². The van der Waals surface area contributed by atoms with Crippen LogP contribution in [0.25, 0.3) is 0 Å². The van der Waals surface area contributed by atoms with Crippen LogP contribution in [-0.4, -0.2) is 42.9 Å². The van der Waals surface area contributed by atoms with Crippen molar-refractivity contribution in [3.05, 3.63) is 33.8 Å². The summed E-state index contributed by atoms with van der Waals surface area (Å²) in [5.41, 5.74) is 0.246. The molecule has 0 atom stereocenters. The van der Waals surface area contributed by atoms with E-state index in [1.54, 1.807) is 0 Å². The Morgan fingerprint density at radius 1 is 1.14 bits per heavy atom. The van der Waals surface area contributed by atoms with Gasteiger partial charge in [-0.1, -0.05) is 15.9 Å². The van der Waals surface area contributed by atoms with Crippen molar-refractivity contribution in [1.29, 1.82) is 0 Å². The third-order valence-electron chi connectivity index (χ3n) is 3.30. The first-order chi connectivity index (χ1) is 9.77. The van der Waals surface area contributed by atoms with Crippen molar-refractivity contribution in [2.75, 3.05) is 11.5 Å². The van der Waals surface area contributed by atoms with Crippen LogP contribution in [0.4, 0.5) is 0 Å². The summed E-state index contributed by atoms with van der Waals surface area (Å²) in [6.45, 7) is 0. The van der Waals surface area contributed by atoms with Crippen molar-refractivity contribution in [2.45, 2.75) is 18.9 Å². The molecule has 2 rings (SSSR count). The molecule has 0 spiro atoms. The van der Waals surface area contributed by atoms with Gasteiger partial charge in [0.15, 0.2) is 0 Å². The highest BCUT2D eigenvalue weighted by molar-refractivity contribution is 9.10. The lowest BCUT2D eigenvalue weighted by Crippen LogP contribution is -2.40. The standard InChI is InChI=1S/C13H14BrNO5S/c14-10-6-8(5-9(7-10)13(17)18)12(16)15-11-1-3-21(19,20)4-2-11/h5-7,11H,1-4H2,(H,15,16)(H,17,18). The van der Waals surface area contributed by atoms with E-state index >= 15 is 0 Å². The van der Waals surface area contributed by atoms with Crippen molar-refractivity contribution in [3.63, 3.8) is 0 Å². The second kappa shape index (κ2) is 6.15. The van der Waals surface area contributed by atoms with Gasteiger partial charge in [-0.3, -0.25) is 4.79 Å². The number of halogens is 1. The van der Waals surface area contributed by atoms with E-state index in [9.17, 15) is 18.0 Å². The minimum atomic E-state index is -2.98. The van der Waals surface area contributed by atoms with Gasteiger partial charge in [-0.25, -0.2) is 13.2 Å². The van der Waals surface area contributed by atoms with Crippen LogP contribution >= 0.6 is 15.9 Å². The number of hydrogen-bond donors (Lipinski definition) is 2. The number of carboxylic acid groups (broad SMARTS) is 1. The van der Waals surface area contributed by atoms with Crippen LogP contribution in [0, 0.1) is 0 Å². The van der Waals surface area contributed by atoms with Gasteiger partial charge in [-0.05, 0) is 31.0 Å². The molecule has 1 heterocycles. The smallest absolute Gasteiger partial charge is 0.335 e. The van der Waals surface area contributed by atoms with E-state index < -0.39 is 21.7 Å². The lowest BCUT2D eigenvalue weighted by molar-refractivity contribution is 0.0696. The van der Waals surface area contributed by atoms with Crippen molar-refractivity contribution in [3.8, 4) is 0 Å². The largest absolute Gasteiger partial charge is 0.478 e. The van der Waals surface area contributed by atoms with Crippen molar-refractivity contribution < 1.29 is 23.1 Å². The zero-order valence-corrected chi connectivity index (χ0v) is 13.4. The molecular weight excluding hydrogens is 362 g/mol. The predicted octanol–water partition coefficient (Wildman–Crippen LogP) is 1.45. The summed E-state index contributed by atoms with van der Waals surface area (Å²) in [6.07, 6.45) is 0.766. The molecule has 0 bridgehead atoms. The summed E-state index contributed by atoms with van der Waals surface area (Å²) in [4.78, 5) is 23.1. The number of amides is 1. The van der Waals surface area contributed by atoms with Crippen molar-refractivity contribution in [2.24, 2.45) is 0 Å². The fourth-order valence-corrected chi connectivity index (χ4v) is 4.13. The molecule has 0 aromatic heterocycles. The lowest BCUT2D eigenvalue weighted by Gasteiger charge is -2.23. The van der Waals surface area contributed by atoms with Gasteiger partial charge in [0.1, 0.15) is 9.84 Å². The van der Waals surface area contributed by atoms with Gasteiger partial charge in [0.25, 0.3) is 5.91 Å². The number of carboxylic acids is 1. The molecule has 1 amide bonds. The zero-order valence-electron chi connectivity index (χ0n) is 11.0.